The topological polar surface area (TPSA) is 37.4 Å². The molecule has 1 aromatic carbocycles. The molecule has 1 aliphatic carbocycles. The first-order chi connectivity index (χ1) is 8.87. The second-order valence-electron chi connectivity index (χ2n) is 4.23. The van der Waals surface area contributed by atoms with E-state index in [0.29, 0.717) is 16.3 Å². The lowest BCUT2D eigenvalue weighted by atomic mass is 10.4. The van der Waals surface area contributed by atoms with Crippen LogP contribution in [0, 0.1) is 0 Å². The van der Waals surface area contributed by atoms with Gasteiger partial charge in [-0.15, -0.1) is 0 Å². The maximum absolute atomic E-state index is 12.7. The minimum absolute atomic E-state index is 0.00752. The second kappa shape index (κ2) is 6.20. The fraction of sp³-hybridized carbons (Fsp3) is 0.455. The number of rotatable bonds is 5. The highest BCUT2D eigenvalue weighted by molar-refractivity contribution is 9.10. The minimum Gasteiger partial charge on any atom is -0.207 e. The van der Waals surface area contributed by atoms with Crippen LogP contribution in [0.5, 0.6) is 0 Å². The molecule has 0 aliphatic heterocycles. The number of hydrogen-bond acceptors (Lipinski definition) is 2. The first-order valence-corrected chi connectivity index (χ1v) is 9.71. The molecular formula is C11H11Br2Cl2NO2S. The molecule has 0 amide bonds. The van der Waals surface area contributed by atoms with Gasteiger partial charge < -0.3 is 0 Å². The van der Waals surface area contributed by atoms with Gasteiger partial charge in [-0.2, -0.15) is 4.31 Å². The van der Waals surface area contributed by atoms with Crippen LogP contribution in [-0.4, -0.2) is 30.6 Å². The Morgan fingerprint density at radius 1 is 1.26 bits per heavy atom. The van der Waals surface area contributed by atoms with Gasteiger partial charge in [0.15, 0.2) is 0 Å². The molecule has 106 valence electrons. The van der Waals surface area contributed by atoms with Gasteiger partial charge >= 0.3 is 0 Å². The SMILES string of the molecule is O=S(=O)(c1c(Cl)cc(Br)cc1Cl)N(CCBr)C1CC1. The molecule has 19 heavy (non-hydrogen) atoms. The molecule has 1 aromatic rings. The van der Waals surface area contributed by atoms with Gasteiger partial charge in [0, 0.05) is 22.4 Å². The standard InChI is InChI=1S/C11H11Br2Cl2NO2S/c12-3-4-16(8-1-2-8)19(17,18)11-9(14)5-7(13)6-10(11)15/h5-6,8H,1-4H2. The molecule has 0 N–H and O–H groups in total. The normalized spacial score (nSPS) is 16.1. The van der Waals surface area contributed by atoms with Crippen LogP contribution >= 0.6 is 55.1 Å². The Labute approximate surface area is 139 Å². The van der Waals surface area contributed by atoms with Gasteiger partial charge in [0.05, 0.1) is 10.0 Å². The Bertz CT molecular complexity index is 567. The average molecular weight is 452 g/mol. The van der Waals surface area contributed by atoms with Crippen LogP contribution in [0.1, 0.15) is 12.8 Å². The van der Waals surface area contributed by atoms with Crippen LogP contribution in [0.3, 0.4) is 0 Å². The van der Waals surface area contributed by atoms with Crippen molar-refractivity contribution in [2.75, 3.05) is 11.9 Å². The van der Waals surface area contributed by atoms with E-state index in [1.165, 1.54) is 4.31 Å². The summed E-state index contributed by atoms with van der Waals surface area (Å²) >= 11 is 18.6. The highest BCUT2D eigenvalue weighted by Crippen LogP contribution is 2.38. The molecule has 0 spiro atoms. The molecule has 0 radical (unpaired) electrons. The van der Waals surface area contributed by atoms with E-state index in [9.17, 15) is 8.42 Å². The summed E-state index contributed by atoms with van der Waals surface area (Å²) in [6.45, 7) is 0.412. The van der Waals surface area contributed by atoms with Gasteiger partial charge in [-0.25, -0.2) is 8.42 Å². The molecule has 0 unspecified atom stereocenters. The summed E-state index contributed by atoms with van der Waals surface area (Å²) < 4.78 is 27.5. The van der Waals surface area contributed by atoms with Crippen molar-refractivity contribution in [3.05, 3.63) is 26.7 Å². The fourth-order valence-corrected chi connectivity index (χ4v) is 6.03. The Hall–Kier alpha value is 0.670. The zero-order valence-corrected chi connectivity index (χ0v) is 15.2. The van der Waals surface area contributed by atoms with Gasteiger partial charge in [0.1, 0.15) is 4.90 Å². The van der Waals surface area contributed by atoms with Crippen LogP contribution in [0.15, 0.2) is 21.5 Å². The lowest BCUT2D eigenvalue weighted by Crippen LogP contribution is -2.35. The van der Waals surface area contributed by atoms with E-state index in [-0.39, 0.29) is 21.0 Å². The lowest BCUT2D eigenvalue weighted by Gasteiger charge is -2.22. The minimum atomic E-state index is -3.66. The van der Waals surface area contributed by atoms with Gasteiger partial charge in [-0.05, 0) is 25.0 Å². The number of hydrogen-bond donors (Lipinski definition) is 0. The molecule has 0 bridgehead atoms. The van der Waals surface area contributed by atoms with Gasteiger partial charge in [0.25, 0.3) is 0 Å². The van der Waals surface area contributed by atoms with Gasteiger partial charge in [-0.1, -0.05) is 55.1 Å². The first kappa shape index (κ1) is 16.0. The van der Waals surface area contributed by atoms with E-state index in [2.05, 4.69) is 31.9 Å². The third-order valence-electron chi connectivity index (χ3n) is 2.79. The molecular weight excluding hydrogens is 441 g/mol. The summed E-state index contributed by atoms with van der Waals surface area (Å²) in [6, 6.07) is 3.15. The smallest absolute Gasteiger partial charge is 0.207 e. The number of sulfonamides is 1. The fourth-order valence-electron chi connectivity index (χ4n) is 1.84. The van der Waals surface area contributed by atoms with Crippen LogP contribution < -0.4 is 0 Å². The monoisotopic (exact) mass is 449 g/mol. The van der Waals surface area contributed by atoms with Crippen molar-refractivity contribution in [1.82, 2.24) is 4.31 Å². The van der Waals surface area contributed by atoms with Crippen molar-refractivity contribution in [3.63, 3.8) is 0 Å². The maximum atomic E-state index is 12.7. The summed E-state index contributed by atoms with van der Waals surface area (Å²) in [7, 11) is -3.66. The molecule has 1 aliphatic rings. The summed E-state index contributed by atoms with van der Waals surface area (Å²) in [5.74, 6) is 0. The van der Waals surface area contributed by atoms with E-state index in [1.54, 1.807) is 12.1 Å². The predicted molar refractivity (Wildman–Crippen MR) is 84.9 cm³/mol. The summed E-state index contributed by atoms with van der Waals surface area (Å²) in [4.78, 5) is -0.00752. The number of benzene rings is 1. The molecule has 1 fully saturated rings. The lowest BCUT2D eigenvalue weighted by molar-refractivity contribution is 0.424. The Morgan fingerprint density at radius 2 is 1.79 bits per heavy atom. The maximum Gasteiger partial charge on any atom is 0.246 e. The van der Waals surface area contributed by atoms with Crippen LogP contribution in [0.4, 0.5) is 0 Å². The third kappa shape index (κ3) is 3.47. The predicted octanol–water partition coefficient (Wildman–Crippen LogP) is 4.30. The Morgan fingerprint density at radius 3 is 2.21 bits per heavy atom. The van der Waals surface area contributed by atoms with Gasteiger partial charge in [0.2, 0.25) is 10.0 Å². The molecule has 0 atom stereocenters. The largest absolute Gasteiger partial charge is 0.246 e. The molecule has 0 aromatic heterocycles. The van der Waals surface area contributed by atoms with Crippen molar-refractivity contribution >= 4 is 65.1 Å². The summed E-state index contributed by atoms with van der Waals surface area (Å²) in [6.07, 6.45) is 1.77. The van der Waals surface area contributed by atoms with Crippen molar-refractivity contribution in [1.29, 1.82) is 0 Å². The zero-order chi connectivity index (χ0) is 14.2. The molecule has 0 saturated heterocycles. The molecule has 1 saturated carbocycles. The van der Waals surface area contributed by atoms with E-state index in [1.807, 2.05) is 0 Å². The highest BCUT2D eigenvalue weighted by Gasteiger charge is 2.39. The number of halogens is 4. The number of alkyl halides is 1. The van der Waals surface area contributed by atoms with E-state index in [0.717, 1.165) is 12.8 Å². The third-order valence-corrected chi connectivity index (χ3v) is 6.48. The summed E-state index contributed by atoms with van der Waals surface area (Å²) in [5, 5.41) is 0.855. The van der Waals surface area contributed by atoms with Crippen molar-refractivity contribution in [2.45, 2.75) is 23.8 Å². The number of nitrogens with zero attached hydrogens (tertiary/aromatic N) is 1. The van der Waals surface area contributed by atoms with Crippen molar-refractivity contribution in [2.24, 2.45) is 0 Å². The first-order valence-electron chi connectivity index (χ1n) is 5.60. The second-order valence-corrected chi connectivity index (χ2v) is 8.58. The highest BCUT2D eigenvalue weighted by atomic mass is 79.9. The quantitative estimate of drug-likeness (QED) is 0.626. The molecule has 2 rings (SSSR count). The average Bonchev–Trinajstić information content (AvgIpc) is 3.07. The van der Waals surface area contributed by atoms with Crippen LogP contribution in [0.2, 0.25) is 10.0 Å². The van der Waals surface area contributed by atoms with E-state index >= 15 is 0 Å². The zero-order valence-electron chi connectivity index (χ0n) is 9.74. The van der Waals surface area contributed by atoms with Crippen LogP contribution in [-0.2, 0) is 10.0 Å². The molecule has 0 heterocycles. The summed E-state index contributed by atoms with van der Waals surface area (Å²) in [5.41, 5.74) is 0. The van der Waals surface area contributed by atoms with Crippen molar-refractivity contribution in [3.8, 4) is 0 Å². The Balaban J connectivity index is 2.49. The van der Waals surface area contributed by atoms with Crippen LogP contribution in [0.25, 0.3) is 0 Å². The Kier molecular flexibility index (Phi) is 5.23. The van der Waals surface area contributed by atoms with Gasteiger partial charge in [-0.3, -0.25) is 0 Å². The molecule has 8 heteroatoms. The van der Waals surface area contributed by atoms with E-state index in [4.69, 9.17) is 23.2 Å². The van der Waals surface area contributed by atoms with E-state index < -0.39 is 10.0 Å². The van der Waals surface area contributed by atoms with Crippen molar-refractivity contribution < 1.29 is 8.42 Å². The molecule has 3 nitrogen and oxygen atoms in total.